The molecule has 0 radical (unpaired) electrons. The van der Waals surface area contributed by atoms with Gasteiger partial charge in [0.05, 0.1) is 6.04 Å². The number of aromatic amines is 1. The maximum Gasteiger partial charge on any atom is 0.412 e. The molecule has 5 heteroatoms. The number of para-hydroxylation sites is 1. The molecule has 0 bridgehead atoms. The summed E-state index contributed by atoms with van der Waals surface area (Å²) in [5.41, 5.74) is 4.01. The van der Waals surface area contributed by atoms with Crippen LogP contribution in [0.5, 0.6) is 0 Å². The third-order valence-corrected chi connectivity index (χ3v) is 5.46. The summed E-state index contributed by atoms with van der Waals surface area (Å²) in [5.74, 6) is 0. The summed E-state index contributed by atoms with van der Waals surface area (Å²) in [6.07, 6.45) is 8.23. The first-order valence-corrected chi connectivity index (χ1v) is 10.3. The minimum absolute atomic E-state index is 0.248. The molecule has 1 unspecified atom stereocenters. The molecule has 0 saturated carbocycles. The Morgan fingerprint density at radius 3 is 2.57 bits per heavy atom. The van der Waals surface area contributed by atoms with Crippen molar-refractivity contribution in [1.29, 1.82) is 0 Å². The number of rotatable bonds is 8. The number of nitrogens with zero attached hydrogens (tertiary/aromatic N) is 2. The molecule has 5 nitrogen and oxygen atoms in total. The van der Waals surface area contributed by atoms with Crippen molar-refractivity contribution in [2.45, 2.75) is 31.7 Å². The topological polar surface area (TPSA) is 69.2 Å². The third kappa shape index (κ3) is 4.51. The third-order valence-electron chi connectivity index (χ3n) is 5.46. The highest BCUT2D eigenvalue weighted by Crippen LogP contribution is 2.33. The SMILES string of the molecule is O=C(O)N(c1ccccc1)C(CCCCc1ccncc1)c1ccc2[nH]ccc2c1. The van der Waals surface area contributed by atoms with Gasteiger partial charge in [-0.3, -0.25) is 9.88 Å². The first-order chi connectivity index (χ1) is 14.7. The molecular formula is C25H25N3O2. The lowest BCUT2D eigenvalue weighted by molar-refractivity contribution is 0.198. The number of hydrogen-bond donors (Lipinski definition) is 2. The molecule has 152 valence electrons. The molecule has 1 atom stereocenters. The number of carbonyl (C=O) groups is 1. The second-order valence-electron chi connectivity index (χ2n) is 7.43. The van der Waals surface area contributed by atoms with Crippen LogP contribution in [0.3, 0.4) is 0 Å². The lowest BCUT2D eigenvalue weighted by Crippen LogP contribution is -2.33. The number of aromatic nitrogens is 2. The van der Waals surface area contributed by atoms with Crippen molar-refractivity contribution in [3.8, 4) is 0 Å². The van der Waals surface area contributed by atoms with Gasteiger partial charge in [-0.2, -0.15) is 0 Å². The van der Waals surface area contributed by atoms with Crippen LogP contribution in [0.1, 0.15) is 36.4 Å². The number of unbranched alkanes of at least 4 members (excludes halogenated alkanes) is 1. The second-order valence-corrected chi connectivity index (χ2v) is 7.43. The highest BCUT2D eigenvalue weighted by Gasteiger charge is 2.26. The zero-order valence-corrected chi connectivity index (χ0v) is 16.7. The number of hydrogen-bond acceptors (Lipinski definition) is 2. The van der Waals surface area contributed by atoms with Crippen LogP contribution in [0.2, 0.25) is 0 Å². The van der Waals surface area contributed by atoms with E-state index < -0.39 is 6.09 Å². The maximum atomic E-state index is 12.3. The molecule has 2 N–H and O–H groups in total. The van der Waals surface area contributed by atoms with E-state index in [4.69, 9.17) is 0 Å². The summed E-state index contributed by atoms with van der Waals surface area (Å²) in [5, 5.41) is 11.2. The van der Waals surface area contributed by atoms with E-state index in [1.807, 2.05) is 79.3 Å². The molecule has 2 aromatic heterocycles. The fourth-order valence-electron chi connectivity index (χ4n) is 3.95. The van der Waals surface area contributed by atoms with Crippen LogP contribution in [-0.4, -0.2) is 21.2 Å². The second kappa shape index (κ2) is 9.27. The summed E-state index contributed by atoms with van der Waals surface area (Å²) in [4.78, 5) is 21.1. The van der Waals surface area contributed by atoms with Gasteiger partial charge in [-0.25, -0.2) is 4.79 Å². The van der Waals surface area contributed by atoms with Crippen molar-refractivity contribution < 1.29 is 9.90 Å². The number of carboxylic acid groups (broad SMARTS) is 1. The Balaban J connectivity index is 1.59. The molecule has 0 spiro atoms. The number of H-pyrrole nitrogens is 1. The maximum absolute atomic E-state index is 12.3. The van der Waals surface area contributed by atoms with Gasteiger partial charge in [-0.05, 0) is 78.2 Å². The molecule has 0 aliphatic rings. The van der Waals surface area contributed by atoms with E-state index in [2.05, 4.69) is 16.0 Å². The van der Waals surface area contributed by atoms with Crippen molar-refractivity contribution in [3.05, 3.63) is 96.4 Å². The first-order valence-electron chi connectivity index (χ1n) is 10.3. The Kier molecular flexibility index (Phi) is 6.09. The molecule has 0 saturated heterocycles. The van der Waals surface area contributed by atoms with Crippen molar-refractivity contribution in [1.82, 2.24) is 9.97 Å². The molecular weight excluding hydrogens is 374 g/mol. The largest absolute Gasteiger partial charge is 0.465 e. The Morgan fingerprint density at radius 1 is 1.00 bits per heavy atom. The van der Waals surface area contributed by atoms with Crippen molar-refractivity contribution >= 4 is 22.7 Å². The summed E-state index contributed by atoms with van der Waals surface area (Å²) in [6.45, 7) is 0. The number of benzene rings is 2. The standard InChI is InChI=1S/C25H25N3O2/c29-25(30)28(22-7-2-1-3-8-22)24(9-5-4-6-19-12-15-26-16-13-19)21-10-11-23-20(18-21)14-17-27-23/h1-3,7-8,10-18,24,27H,4-6,9H2,(H,29,30). The predicted octanol–water partition coefficient (Wildman–Crippen LogP) is 6.20. The number of aryl methyl sites for hydroxylation is 1. The number of anilines is 1. The minimum atomic E-state index is -0.936. The predicted molar refractivity (Wildman–Crippen MR) is 120 cm³/mol. The van der Waals surface area contributed by atoms with Gasteiger partial charge in [0.1, 0.15) is 0 Å². The molecule has 0 aliphatic heterocycles. The summed E-state index contributed by atoms with van der Waals surface area (Å²) in [6, 6.07) is 21.4. The zero-order chi connectivity index (χ0) is 20.8. The van der Waals surface area contributed by atoms with Crippen LogP contribution in [0.4, 0.5) is 10.5 Å². The molecule has 0 fully saturated rings. The Hall–Kier alpha value is -3.60. The van der Waals surface area contributed by atoms with E-state index >= 15 is 0 Å². The lowest BCUT2D eigenvalue weighted by Gasteiger charge is -2.30. The number of fused-ring (bicyclic) bond motifs is 1. The van der Waals surface area contributed by atoms with Gasteiger partial charge in [0.25, 0.3) is 0 Å². The summed E-state index contributed by atoms with van der Waals surface area (Å²) in [7, 11) is 0. The summed E-state index contributed by atoms with van der Waals surface area (Å²) < 4.78 is 0. The van der Waals surface area contributed by atoms with Gasteiger partial charge in [-0.1, -0.05) is 30.7 Å². The molecule has 2 aromatic carbocycles. The quantitative estimate of drug-likeness (QED) is 0.347. The van der Waals surface area contributed by atoms with Gasteiger partial charge < -0.3 is 10.1 Å². The Bertz CT molecular complexity index is 1090. The highest BCUT2D eigenvalue weighted by molar-refractivity contribution is 5.87. The fourth-order valence-corrected chi connectivity index (χ4v) is 3.95. The van der Waals surface area contributed by atoms with Crippen LogP contribution >= 0.6 is 0 Å². The molecule has 1 amide bonds. The van der Waals surface area contributed by atoms with E-state index in [1.165, 1.54) is 10.5 Å². The number of amides is 1. The average molecular weight is 399 g/mol. The van der Waals surface area contributed by atoms with Crippen LogP contribution < -0.4 is 4.90 Å². The minimum Gasteiger partial charge on any atom is -0.465 e. The van der Waals surface area contributed by atoms with Crippen LogP contribution in [0, 0.1) is 0 Å². The van der Waals surface area contributed by atoms with Gasteiger partial charge in [0, 0.05) is 29.8 Å². The highest BCUT2D eigenvalue weighted by atomic mass is 16.4. The number of nitrogens with one attached hydrogen (secondary N) is 1. The lowest BCUT2D eigenvalue weighted by atomic mass is 9.96. The molecule has 4 aromatic rings. The van der Waals surface area contributed by atoms with Crippen molar-refractivity contribution in [3.63, 3.8) is 0 Å². The van der Waals surface area contributed by atoms with Gasteiger partial charge in [0.2, 0.25) is 0 Å². The summed E-state index contributed by atoms with van der Waals surface area (Å²) >= 11 is 0. The first kappa shape index (κ1) is 19.7. The van der Waals surface area contributed by atoms with E-state index in [-0.39, 0.29) is 6.04 Å². The number of pyridine rings is 1. The van der Waals surface area contributed by atoms with E-state index in [1.54, 1.807) is 0 Å². The van der Waals surface area contributed by atoms with E-state index in [0.717, 1.165) is 42.1 Å². The smallest absolute Gasteiger partial charge is 0.412 e. The molecule has 30 heavy (non-hydrogen) atoms. The normalized spacial score (nSPS) is 12.0. The van der Waals surface area contributed by atoms with E-state index in [0.29, 0.717) is 5.69 Å². The van der Waals surface area contributed by atoms with Crippen LogP contribution in [-0.2, 0) is 6.42 Å². The van der Waals surface area contributed by atoms with E-state index in [9.17, 15) is 9.90 Å². The molecule has 2 heterocycles. The van der Waals surface area contributed by atoms with Gasteiger partial charge >= 0.3 is 6.09 Å². The zero-order valence-electron chi connectivity index (χ0n) is 16.7. The average Bonchev–Trinajstić information content (AvgIpc) is 3.25. The van der Waals surface area contributed by atoms with Crippen LogP contribution in [0.25, 0.3) is 10.9 Å². The van der Waals surface area contributed by atoms with Crippen molar-refractivity contribution in [2.75, 3.05) is 4.90 Å². The van der Waals surface area contributed by atoms with Crippen molar-refractivity contribution in [2.24, 2.45) is 0 Å². The monoisotopic (exact) mass is 399 g/mol. The Labute approximate surface area is 176 Å². The van der Waals surface area contributed by atoms with Gasteiger partial charge in [0.15, 0.2) is 0 Å². The Morgan fingerprint density at radius 2 is 1.80 bits per heavy atom. The van der Waals surface area contributed by atoms with Crippen LogP contribution in [0.15, 0.2) is 85.3 Å². The van der Waals surface area contributed by atoms with Gasteiger partial charge in [-0.15, -0.1) is 0 Å². The molecule has 0 aliphatic carbocycles. The fraction of sp³-hybridized carbons (Fsp3) is 0.200. The molecule has 4 rings (SSSR count).